The van der Waals surface area contributed by atoms with E-state index >= 15 is 0 Å². The number of carbonyl (C=O) groups excluding carboxylic acids is 1. The number of pyridine rings is 1. The van der Waals surface area contributed by atoms with Gasteiger partial charge in [0, 0.05) is 17.2 Å². The van der Waals surface area contributed by atoms with Gasteiger partial charge in [-0.1, -0.05) is 51.3 Å². The Labute approximate surface area is 129 Å². The fourth-order valence-corrected chi connectivity index (χ4v) is 1.97. The van der Waals surface area contributed by atoms with Gasteiger partial charge in [0.2, 0.25) is 0 Å². The molecule has 0 unspecified atom stereocenters. The van der Waals surface area contributed by atoms with Crippen molar-refractivity contribution in [3.8, 4) is 0 Å². The molecular weight excluding hydrogens is 351 g/mol. The van der Waals surface area contributed by atoms with Crippen molar-refractivity contribution in [2.45, 2.75) is 6.54 Å². The minimum atomic E-state index is -0.242. The number of amides is 1. The summed E-state index contributed by atoms with van der Waals surface area (Å²) < 4.78 is 0.997. The predicted octanol–water partition coefficient (Wildman–Crippen LogP) is 4.08. The first-order chi connectivity index (χ1) is 9.06. The first-order valence-corrected chi connectivity index (χ1v) is 6.95. The molecule has 0 radical (unpaired) electrons. The second-order valence-corrected chi connectivity index (χ2v) is 5.49. The second-order valence-electron chi connectivity index (χ2n) is 3.81. The van der Waals surface area contributed by atoms with E-state index in [0.717, 1.165) is 10.0 Å². The zero-order chi connectivity index (χ0) is 13.8. The monoisotopic (exact) mass is 358 g/mol. The second kappa shape index (κ2) is 6.37. The van der Waals surface area contributed by atoms with Crippen LogP contribution in [0.15, 0.2) is 41.0 Å². The molecule has 0 saturated carbocycles. The number of hydrogen-bond acceptors (Lipinski definition) is 2. The van der Waals surface area contributed by atoms with Crippen LogP contribution in [-0.2, 0) is 6.54 Å². The van der Waals surface area contributed by atoms with Crippen molar-refractivity contribution >= 4 is 45.0 Å². The highest BCUT2D eigenvalue weighted by atomic mass is 79.9. The van der Waals surface area contributed by atoms with E-state index in [9.17, 15) is 4.79 Å². The number of halogens is 3. The maximum absolute atomic E-state index is 11.9. The lowest BCUT2D eigenvalue weighted by Crippen LogP contribution is -2.22. The lowest BCUT2D eigenvalue weighted by Gasteiger charge is -2.06. The van der Waals surface area contributed by atoms with Crippen molar-refractivity contribution < 1.29 is 4.79 Å². The van der Waals surface area contributed by atoms with Crippen molar-refractivity contribution in [3.63, 3.8) is 0 Å². The minimum absolute atomic E-state index is 0.186. The Kier molecular flexibility index (Phi) is 4.80. The summed E-state index contributed by atoms with van der Waals surface area (Å²) in [5.74, 6) is -0.242. The van der Waals surface area contributed by atoms with E-state index in [1.165, 1.54) is 12.3 Å². The Bertz CT molecular complexity index is 602. The van der Waals surface area contributed by atoms with E-state index in [4.69, 9.17) is 23.2 Å². The van der Waals surface area contributed by atoms with Gasteiger partial charge in [0.25, 0.3) is 5.91 Å². The molecule has 6 heteroatoms. The largest absolute Gasteiger partial charge is 0.348 e. The molecule has 0 aliphatic rings. The number of aromatic nitrogens is 1. The summed E-state index contributed by atoms with van der Waals surface area (Å²) in [6, 6.07) is 9.19. The highest BCUT2D eigenvalue weighted by molar-refractivity contribution is 9.10. The molecule has 3 nitrogen and oxygen atoms in total. The third kappa shape index (κ3) is 3.93. The van der Waals surface area contributed by atoms with Gasteiger partial charge in [-0.3, -0.25) is 4.79 Å². The Morgan fingerprint density at radius 3 is 2.58 bits per heavy atom. The number of carbonyl (C=O) groups is 1. The van der Waals surface area contributed by atoms with Crippen LogP contribution in [0.1, 0.15) is 15.9 Å². The van der Waals surface area contributed by atoms with Gasteiger partial charge in [-0.25, -0.2) is 4.98 Å². The van der Waals surface area contributed by atoms with Crippen molar-refractivity contribution in [1.82, 2.24) is 10.3 Å². The molecule has 1 aromatic heterocycles. The minimum Gasteiger partial charge on any atom is -0.348 e. The maximum Gasteiger partial charge on any atom is 0.253 e. The summed E-state index contributed by atoms with van der Waals surface area (Å²) in [5, 5.41) is 3.23. The standard InChI is InChI=1S/C13H9BrCl2N2O/c14-10-3-1-8(2-4-10)6-18-13(19)9-5-11(15)12(16)17-7-9/h1-5,7H,6H2,(H,18,19). The molecule has 0 aliphatic carbocycles. The smallest absolute Gasteiger partial charge is 0.253 e. The third-order valence-electron chi connectivity index (χ3n) is 2.42. The van der Waals surface area contributed by atoms with E-state index in [2.05, 4.69) is 26.2 Å². The van der Waals surface area contributed by atoms with E-state index in [0.29, 0.717) is 12.1 Å². The number of rotatable bonds is 3. The van der Waals surface area contributed by atoms with E-state index in [1.807, 2.05) is 24.3 Å². The van der Waals surface area contributed by atoms with Gasteiger partial charge in [0.15, 0.2) is 0 Å². The molecule has 1 heterocycles. The predicted molar refractivity (Wildman–Crippen MR) is 79.6 cm³/mol. The van der Waals surface area contributed by atoms with Gasteiger partial charge in [0.05, 0.1) is 10.6 Å². The average Bonchev–Trinajstić information content (AvgIpc) is 2.41. The van der Waals surface area contributed by atoms with Crippen LogP contribution in [0.3, 0.4) is 0 Å². The fraction of sp³-hybridized carbons (Fsp3) is 0.0769. The molecule has 19 heavy (non-hydrogen) atoms. The summed E-state index contributed by atoms with van der Waals surface area (Å²) in [4.78, 5) is 15.7. The number of benzene rings is 1. The molecule has 2 aromatic rings. The average molecular weight is 360 g/mol. The summed E-state index contributed by atoms with van der Waals surface area (Å²) in [5.41, 5.74) is 1.39. The van der Waals surface area contributed by atoms with Crippen molar-refractivity contribution in [1.29, 1.82) is 0 Å². The molecule has 1 amide bonds. The highest BCUT2D eigenvalue weighted by Gasteiger charge is 2.08. The van der Waals surface area contributed by atoms with E-state index < -0.39 is 0 Å². The van der Waals surface area contributed by atoms with E-state index in [-0.39, 0.29) is 16.1 Å². The molecule has 0 saturated heterocycles. The van der Waals surface area contributed by atoms with Gasteiger partial charge in [-0.05, 0) is 23.8 Å². The first-order valence-electron chi connectivity index (χ1n) is 5.40. The number of nitrogens with one attached hydrogen (secondary N) is 1. The molecule has 0 spiro atoms. The van der Waals surface area contributed by atoms with Gasteiger partial charge in [-0.2, -0.15) is 0 Å². The van der Waals surface area contributed by atoms with Gasteiger partial charge >= 0.3 is 0 Å². The molecule has 1 aromatic carbocycles. The number of hydrogen-bond donors (Lipinski definition) is 1. The molecule has 0 atom stereocenters. The lowest BCUT2D eigenvalue weighted by molar-refractivity contribution is 0.0950. The topological polar surface area (TPSA) is 42.0 Å². The van der Waals surface area contributed by atoms with Crippen LogP contribution in [0.5, 0.6) is 0 Å². The zero-order valence-electron chi connectivity index (χ0n) is 9.66. The quantitative estimate of drug-likeness (QED) is 0.839. The Hall–Kier alpha value is -1.10. The molecule has 0 aliphatic heterocycles. The van der Waals surface area contributed by atoms with Crippen LogP contribution in [0, 0.1) is 0 Å². The Morgan fingerprint density at radius 2 is 1.95 bits per heavy atom. The maximum atomic E-state index is 11.9. The molecule has 0 fully saturated rings. The van der Waals surface area contributed by atoms with Crippen LogP contribution in [0.4, 0.5) is 0 Å². The summed E-state index contributed by atoms with van der Waals surface area (Å²) in [6.45, 7) is 0.437. The van der Waals surface area contributed by atoms with Crippen LogP contribution in [0.25, 0.3) is 0 Å². The van der Waals surface area contributed by atoms with E-state index in [1.54, 1.807) is 0 Å². The molecular formula is C13H9BrCl2N2O. The van der Waals surface area contributed by atoms with Crippen LogP contribution in [-0.4, -0.2) is 10.9 Å². The van der Waals surface area contributed by atoms with Crippen molar-refractivity contribution in [2.24, 2.45) is 0 Å². The molecule has 98 valence electrons. The van der Waals surface area contributed by atoms with Gasteiger partial charge < -0.3 is 5.32 Å². The van der Waals surface area contributed by atoms with Gasteiger partial charge in [-0.15, -0.1) is 0 Å². The SMILES string of the molecule is O=C(NCc1ccc(Br)cc1)c1cnc(Cl)c(Cl)c1. The van der Waals surface area contributed by atoms with Crippen molar-refractivity contribution in [3.05, 3.63) is 62.3 Å². The van der Waals surface area contributed by atoms with Gasteiger partial charge in [0.1, 0.15) is 5.15 Å². The van der Waals surface area contributed by atoms with Crippen LogP contribution < -0.4 is 5.32 Å². The molecule has 1 N–H and O–H groups in total. The Morgan fingerprint density at radius 1 is 1.26 bits per heavy atom. The lowest BCUT2D eigenvalue weighted by atomic mass is 10.2. The fourth-order valence-electron chi connectivity index (χ4n) is 1.43. The number of nitrogens with zero attached hydrogens (tertiary/aromatic N) is 1. The third-order valence-corrected chi connectivity index (χ3v) is 3.64. The highest BCUT2D eigenvalue weighted by Crippen LogP contribution is 2.19. The Balaban J connectivity index is 2.01. The molecule has 0 bridgehead atoms. The van der Waals surface area contributed by atoms with Crippen LogP contribution in [0.2, 0.25) is 10.2 Å². The zero-order valence-corrected chi connectivity index (χ0v) is 12.8. The summed E-state index contributed by atoms with van der Waals surface area (Å²) in [6.07, 6.45) is 1.39. The summed E-state index contributed by atoms with van der Waals surface area (Å²) >= 11 is 14.9. The normalized spacial score (nSPS) is 10.3. The van der Waals surface area contributed by atoms with Crippen LogP contribution >= 0.6 is 39.1 Å². The molecule has 2 rings (SSSR count). The van der Waals surface area contributed by atoms with Crippen molar-refractivity contribution in [2.75, 3.05) is 0 Å². The summed E-state index contributed by atoms with van der Waals surface area (Å²) in [7, 11) is 0. The first kappa shape index (κ1) is 14.3.